The second kappa shape index (κ2) is 10.9. The number of pyridine rings is 1. The summed E-state index contributed by atoms with van der Waals surface area (Å²) in [6, 6.07) is 21.5. The molecule has 180 valence electrons. The zero-order valence-corrected chi connectivity index (χ0v) is 20.2. The monoisotopic (exact) mass is 471 g/mol. The normalized spacial score (nSPS) is 10.9. The van der Waals surface area contributed by atoms with Crippen molar-refractivity contribution in [2.24, 2.45) is 0 Å². The third kappa shape index (κ3) is 5.55. The maximum atomic E-state index is 13.8. The van der Waals surface area contributed by atoms with Crippen LogP contribution < -0.4 is 0 Å². The van der Waals surface area contributed by atoms with Gasteiger partial charge in [0.25, 0.3) is 5.91 Å². The van der Waals surface area contributed by atoms with E-state index in [-0.39, 0.29) is 24.9 Å². The van der Waals surface area contributed by atoms with Crippen molar-refractivity contribution in [3.63, 3.8) is 0 Å². The highest BCUT2D eigenvalue weighted by atomic mass is 16.5. The molecule has 8 heteroatoms. The summed E-state index contributed by atoms with van der Waals surface area (Å²) < 4.78 is 7.01. The van der Waals surface area contributed by atoms with Gasteiger partial charge in [0.05, 0.1) is 36.0 Å². The molecule has 0 saturated heterocycles. The highest BCUT2D eigenvalue weighted by Gasteiger charge is 2.24. The first-order valence-electron chi connectivity index (χ1n) is 11.4. The molecule has 0 aliphatic carbocycles. The van der Waals surface area contributed by atoms with Crippen LogP contribution in [0.15, 0.2) is 72.9 Å². The number of carbonyl (C=O) groups is 2. The standard InChI is InChI=1S/C27H29N5O3/c1-30(2)25(33)19-31(14-15-35-3)27(34)22-16-24(21-12-8-5-9-13-21)29-26-23(22)17-28-32(26)18-20-10-6-4-7-11-20/h4-13,16-17H,14-15,18-19H2,1-3H3. The third-order valence-corrected chi connectivity index (χ3v) is 5.76. The number of nitrogens with zero attached hydrogens (tertiary/aromatic N) is 5. The van der Waals surface area contributed by atoms with Gasteiger partial charge >= 0.3 is 0 Å². The lowest BCUT2D eigenvalue weighted by atomic mass is 10.1. The first-order valence-corrected chi connectivity index (χ1v) is 11.4. The summed E-state index contributed by atoms with van der Waals surface area (Å²) >= 11 is 0. The van der Waals surface area contributed by atoms with Gasteiger partial charge in [0, 0.05) is 33.3 Å². The molecule has 0 aliphatic rings. The van der Waals surface area contributed by atoms with E-state index in [1.807, 2.05) is 60.7 Å². The van der Waals surface area contributed by atoms with Gasteiger partial charge in [0.1, 0.15) is 6.54 Å². The summed E-state index contributed by atoms with van der Waals surface area (Å²) in [5, 5.41) is 5.21. The van der Waals surface area contributed by atoms with Crippen LogP contribution in [0, 0.1) is 0 Å². The van der Waals surface area contributed by atoms with Gasteiger partial charge in [-0.2, -0.15) is 5.10 Å². The summed E-state index contributed by atoms with van der Waals surface area (Å²) in [4.78, 5) is 34.2. The van der Waals surface area contributed by atoms with E-state index < -0.39 is 0 Å². The highest BCUT2D eigenvalue weighted by Crippen LogP contribution is 2.26. The molecule has 0 unspecified atom stereocenters. The Morgan fingerprint density at radius 1 is 1.00 bits per heavy atom. The summed E-state index contributed by atoms with van der Waals surface area (Å²) in [6.07, 6.45) is 1.68. The van der Waals surface area contributed by atoms with Gasteiger partial charge in [-0.3, -0.25) is 9.59 Å². The molecule has 0 N–H and O–H groups in total. The molecule has 0 aliphatic heterocycles. The summed E-state index contributed by atoms with van der Waals surface area (Å²) in [5.74, 6) is -0.427. The number of amides is 2. The van der Waals surface area contributed by atoms with Crippen molar-refractivity contribution in [1.82, 2.24) is 24.6 Å². The first-order chi connectivity index (χ1) is 17.0. The van der Waals surface area contributed by atoms with Gasteiger partial charge in [-0.05, 0) is 11.6 Å². The van der Waals surface area contributed by atoms with E-state index in [4.69, 9.17) is 9.72 Å². The number of fused-ring (bicyclic) bond motifs is 1. The zero-order chi connectivity index (χ0) is 24.8. The number of hydrogen-bond donors (Lipinski definition) is 0. The van der Waals surface area contributed by atoms with Crippen LogP contribution in [0.2, 0.25) is 0 Å². The van der Waals surface area contributed by atoms with Crippen LogP contribution in [-0.4, -0.2) is 77.3 Å². The minimum atomic E-state index is -0.263. The third-order valence-electron chi connectivity index (χ3n) is 5.76. The van der Waals surface area contributed by atoms with Crippen molar-refractivity contribution in [3.8, 4) is 11.3 Å². The van der Waals surface area contributed by atoms with Crippen LogP contribution in [0.1, 0.15) is 15.9 Å². The Labute approximate surface area is 204 Å². The van der Waals surface area contributed by atoms with Gasteiger partial charge in [-0.25, -0.2) is 9.67 Å². The average molecular weight is 472 g/mol. The smallest absolute Gasteiger partial charge is 0.255 e. The van der Waals surface area contributed by atoms with Crippen molar-refractivity contribution >= 4 is 22.8 Å². The molecule has 2 amide bonds. The van der Waals surface area contributed by atoms with Crippen LogP contribution >= 0.6 is 0 Å². The lowest BCUT2D eigenvalue weighted by Gasteiger charge is -2.24. The minimum absolute atomic E-state index is 0.0438. The van der Waals surface area contributed by atoms with Crippen LogP contribution in [0.25, 0.3) is 22.3 Å². The Kier molecular flexibility index (Phi) is 7.52. The molecule has 35 heavy (non-hydrogen) atoms. The maximum absolute atomic E-state index is 13.8. The molecular formula is C27H29N5O3. The summed E-state index contributed by atoms with van der Waals surface area (Å²) in [6.45, 7) is 1.09. The van der Waals surface area contributed by atoms with Crippen LogP contribution in [0.3, 0.4) is 0 Å². The molecule has 0 spiro atoms. The summed E-state index contributed by atoms with van der Waals surface area (Å²) in [5.41, 5.74) is 3.71. The van der Waals surface area contributed by atoms with Crippen molar-refractivity contribution in [2.75, 3.05) is 40.9 Å². The van der Waals surface area contributed by atoms with Crippen LogP contribution in [0.4, 0.5) is 0 Å². The van der Waals surface area contributed by atoms with Crippen molar-refractivity contribution in [1.29, 1.82) is 0 Å². The average Bonchev–Trinajstić information content (AvgIpc) is 3.29. The van der Waals surface area contributed by atoms with Crippen molar-refractivity contribution in [2.45, 2.75) is 6.54 Å². The predicted octanol–water partition coefficient (Wildman–Crippen LogP) is 3.32. The number of aromatic nitrogens is 3. The molecule has 2 aromatic heterocycles. The number of carbonyl (C=O) groups excluding carboxylic acids is 2. The van der Waals surface area contributed by atoms with E-state index in [1.54, 1.807) is 38.2 Å². The van der Waals surface area contributed by atoms with Gasteiger partial charge in [-0.15, -0.1) is 0 Å². The minimum Gasteiger partial charge on any atom is -0.383 e. The Balaban J connectivity index is 1.81. The number of ether oxygens (including phenoxy) is 1. The first kappa shape index (κ1) is 24.1. The van der Waals surface area contributed by atoms with E-state index in [0.717, 1.165) is 11.1 Å². The predicted molar refractivity (Wildman–Crippen MR) is 135 cm³/mol. The molecule has 0 atom stereocenters. The second-order valence-electron chi connectivity index (χ2n) is 8.45. The molecule has 8 nitrogen and oxygen atoms in total. The quantitative estimate of drug-likeness (QED) is 0.374. The molecule has 0 fully saturated rings. The molecule has 2 aromatic carbocycles. The molecule has 0 bridgehead atoms. The fraction of sp³-hybridized carbons (Fsp3) is 0.259. The molecule has 0 radical (unpaired) electrons. The molecular weight excluding hydrogens is 442 g/mol. The molecule has 2 heterocycles. The molecule has 4 rings (SSSR count). The van der Waals surface area contributed by atoms with Gasteiger partial charge in [0.15, 0.2) is 5.65 Å². The topological polar surface area (TPSA) is 80.6 Å². The van der Waals surface area contributed by atoms with E-state index >= 15 is 0 Å². The van der Waals surface area contributed by atoms with Crippen LogP contribution in [0.5, 0.6) is 0 Å². The van der Waals surface area contributed by atoms with Crippen molar-refractivity contribution in [3.05, 3.63) is 84.1 Å². The Morgan fingerprint density at radius 2 is 1.69 bits per heavy atom. The zero-order valence-electron chi connectivity index (χ0n) is 20.2. The van der Waals surface area contributed by atoms with Gasteiger partial charge in [0.2, 0.25) is 5.91 Å². The fourth-order valence-electron chi connectivity index (χ4n) is 3.78. The van der Waals surface area contributed by atoms with Gasteiger partial charge in [-0.1, -0.05) is 60.7 Å². The van der Waals surface area contributed by atoms with Crippen molar-refractivity contribution < 1.29 is 14.3 Å². The van der Waals surface area contributed by atoms with Crippen LogP contribution in [-0.2, 0) is 16.1 Å². The van der Waals surface area contributed by atoms with Gasteiger partial charge < -0.3 is 14.5 Å². The second-order valence-corrected chi connectivity index (χ2v) is 8.45. The number of rotatable bonds is 9. The highest BCUT2D eigenvalue weighted by molar-refractivity contribution is 6.07. The fourth-order valence-corrected chi connectivity index (χ4v) is 3.78. The SMILES string of the molecule is COCCN(CC(=O)N(C)C)C(=O)c1cc(-c2ccccc2)nc2c1cnn2Cc1ccccc1. The van der Waals surface area contributed by atoms with E-state index in [0.29, 0.717) is 35.4 Å². The number of benzene rings is 2. The summed E-state index contributed by atoms with van der Waals surface area (Å²) in [7, 11) is 4.92. The number of methoxy groups -OCH3 is 1. The lowest BCUT2D eigenvalue weighted by Crippen LogP contribution is -2.42. The van der Waals surface area contributed by atoms with E-state index in [1.165, 1.54) is 9.80 Å². The number of hydrogen-bond acceptors (Lipinski definition) is 5. The Morgan fingerprint density at radius 3 is 2.34 bits per heavy atom. The molecule has 0 saturated carbocycles. The largest absolute Gasteiger partial charge is 0.383 e. The number of likely N-dealkylation sites (N-methyl/N-ethyl adjacent to an activating group) is 1. The molecule has 4 aromatic rings. The van der Waals surface area contributed by atoms with E-state index in [2.05, 4.69) is 5.10 Å². The Hall–Kier alpha value is -4.04. The van der Waals surface area contributed by atoms with E-state index in [9.17, 15) is 9.59 Å². The Bertz CT molecular complexity index is 1300. The maximum Gasteiger partial charge on any atom is 0.255 e. The lowest BCUT2D eigenvalue weighted by molar-refractivity contribution is -0.129.